The van der Waals surface area contributed by atoms with Crippen LogP contribution in [0.15, 0.2) is 4.79 Å². The lowest BCUT2D eigenvalue weighted by Gasteiger charge is -1.98. The summed E-state index contributed by atoms with van der Waals surface area (Å²) in [5, 5.41) is 0. The molecule has 13 heavy (non-hydrogen) atoms. The monoisotopic (exact) mass is 202 g/mol. The molecule has 0 saturated carbocycles. The normalized spacial score (nSPS) is 9.92. The van der Waals surface area contributed by atoms with Crippen LogP contribution in [0.1, 0.15) is 19.0 Å². The minimum atomic E-state index is -0.296. The molecule has 0 aliphatic heterocycles. The van der Waals surface area contributed by atoms with E-state index in [9.17, 15) is 9.59 Å². The van der Waals surface area contributed by atoms with Crippen molar-refractivity contribution in [2.45, 2.75) is 19.8 Å². The van der Waals surface area contributed by atoms with Crippen molar-refractivity contribution in [3.63, 3.8) is 0 Å². The van der Waals surface area contributed by atoms with E-state index in [2.05, 4.69) is 8.75 Å². The predicted molar refractivity (Wildman–Crippen MR) is 47.7 cm³/mol. The van der Waals surface area contributed by atoms with Gasteiger partial charge in [-0.05, 0) is 6.92 Å². The SMILES string of the molecule is CCOC(=O)CCc1ns[nH]c1=O. The van der Waals surface area contributed by atoms with Crippen LogP contribution in [-0.4, -0.2) is 21.3 Å². The van der Waals surface area contributed by atoms with Gasteiger partial charge in [0.15, 0.2) is 0 Å². The molecule has 72 valence electrons. The van der Waals surface area contributed by atoms with Gasteiger partial charge in [-0.2, -0.15) is 4.37 Å². The van der Waals surface area contributed by atoms with Crippen LogP contribution < -0.4 is 5.56 Å². The van der Waals surface area contributed by atoms with E-state index < -0.39 is 0 Å². The van der Waals surface area contributed by atoms with E-state index in [1.165, 1.54) is 0 Å². The molecule has 1 rings (SSSR count). The van der Waals surface area contributed by atoms with Crippen molar-refractivity contribution in [3.05, 3.63) is 16.0 Å². The largest absolute Gasteiger partial charge is 0.466 e. The summed E-state index contributed by atoms with van der Waals surface area (Å²) in [6, 6.07) is 0. The zero-order valence-electron chi connectivity index (χ0n) is 7.20. The minimum absolute atomic E-state index is 0.209. The topological polar surface area (TPSA) is 72.0 Å². The Labute approximate surface area is 79.1 Å². The fraction of sp³-hybridized carbons (Fsp3) is 0.571. The number of carbonyl (C=O) groups is 1. The highest BCUT2D eigenvalue weighted by Gasteiger charge is 2.07. The van der Waals surface area contributed by atoms with Gasteiger partial charge in [-0.25, -0.2) is 0 Å². The first-order chi connectivity index (χ1) is 6.24. The first kappa shape index (κ1) is 9.91. The number of nitrogens with one attached hydrogen (secondary N) is 1. The molecule has 0 amide bonds. The van der Waals surface area contributed by atoms with E-state index >= 15 is 0 Å². The molecule has 0 unspecified atom stereocenters. The second kappa shape index (κ2) is 4.76. The number of aryl methyl sites for hydroxylation is 1. The molecule has 0 atom stereocenters. The number of ether oxygens (including phenoxy) is 1. The fourth-order valence-electron chi connectivity index (χ4n) is 0.833. The lowest BCUT2D eigenvalue weighted by atomic mass is 10.2. The van der Waals surface area contributed by atoms with Gasteiger partial charge in [-0.3, -0.25) is 14.0 Å². The van der Waals surface area contributed by atoms with Crippen molar-refractivity contribution in [2.75, 3.05) is 6.61 Å². The minimum Gasteiger partial charge on any atom is -0.466 e. The van der Waals surface area contributed by atoms with Crippen molar-refractivity contribution in [3.8, 4) is 0 Å². The summed E-state index contributed by atoms with van der Waals surface area (Å²) in [6.07, 6.45) is 0.554. The van der Waals surface area contributed by atoms with Gasteiger partial charge in [0.05, 0.1) is 13.0 Å². The fourth-order valence-corrected chi connectivity index (χ4v) is 1.36. The van der Waals surface area contributed by atoms with E-state index in [1.54, 1.807) is 6.92 Å². The number of nitrogens with zero attached hydrogens (tertiary/aromatic N) is 1. The van der Waals surface area contributed by atoms with E-state index in [-0.39, 0.29) is 17.9 Å². The zero-order chi connectivity index (χ0) is 9.68. The number of H-pyrrole nitrogens is 1. The van der Waals surface area contributed by atoms with Gasteiger partial charge in [0, 0.05) is 18.1 Å². The van der Waals surface area contributed by atoms with Gasteiger partial charge in [0.1, 0.15) is 5.69 Å². The number of esters is 1. The molecule has 0 aliphatic carbocycles. The molecule has 1 heterocycles. The number of carbonyl (C=O) groups excluding carboxylic acids is 1. The Bertz CT molecular complexity index is 330. The van der Waals surface area contributed by atoms with Crippen LogP contribution in [0.3, 0.4) is 0 Å². The summed E-state index contributed by atoms with van der Waals surface area (Å²) < 4.78 is 11.0. The number of hydrogen-bond donors (Lipinski definition) is 1. The van der Waals surface area contributed by atoms with Crippen LogP contribution in [0.4, 0.5) is 0 Å². The van der Waals surface area contributed by atoms with Gasteiger partial charge >= 0.3 is 5.97 Å². The molecule has 0 aliphatic rings. The zero-order valence-corrected chi connectivity index (χ0v) is 8.02. The van der Waals surface area contributed by atoms with Crippen molar-refractivity contribution < 1.29 is 9.53 Å². The molecule has 1 N–H and O–H groups in total. The summed E-state index contributed by atoms with van der Waals surface area (Å²) in [4.78, 5) is 21.8. The van der Waals surface area contributed by atoms with Crippen LogP contribution in [0.2, 0.25) is 0 Å². The van der Waals surface area contributed by atoms with Gasteiger partial charge in [0.25, 0.3) is 5.56 Å². The maximum absolute atomic E-state index is 10.9. The number of rotatable bonds is 4. The third-order valence-corrected chi connectivity index (χ3v) is 2.02. The van der Waals surface area contributed by atoms with Crippen LogP contribution in [0, 0.1) is 0 Å². The molecule has 6 heteroatoms. The van der Waals surface area contributed by atoms with E-state index in [1.807, 2.05) is 0 Å². The van der Waals surface area contributed by atoms with Gasteiger partial charge in [0.2, 0.25) is 0 Å². The summed E-state index contributed by atoms with van der Waals surface area (Å²) in [5.41, 5.74) is 0.187. The average molecular weight is 202 g/mol. The smallest absolute Gasteiger partial charge is 0.306 e. The molecule has 0 spiro atoms. The molecule has 0 bridgehead atoms. The maximum Gasteiger partial charge on any atom is 0.306 e. The Kier molecular flexibility index (Phi) is 3.63. The van der Waals surface area contributed by atoms with Gasteiger partial charge in [-0.15, -0.1) is 0 Å². The summed E-state index contributed by atoms with van der Waals surface area (Å²) in [5.74, 6) is -0.296. The van der Waals surface area contributed by atoms with Crippen molar-refractivity contribution in [2.24, 2.45) is 0 Å². The lowest BCUT2D eigenvalue weighted by Crippen LogP contribution is -2.11. The molecular formula is C7H10N2O3S. The second-order valence-corrected chi connectivity index (χ2v) is 2.93. The highest BCUT2D eigenvalue weighted by atomic mass is 32.1. The van der Waals surface area contributed by atoms with Gasteiger partial charge < -0.3 is 4.74 Å². The van der Waals surface area contributed by atoms with Crippen molar-refractivity contribution in [1.82, 2.24) is 8.75 Å². The van der Waals surface area contributed by atoms with E-state index in [0.717, 1.165) is 11.7 Å². The molecular weight excluding hydrogens is 192 g/mol. The van der Waals surface area contributed by atoms with E-state index in [4.69, 9.17) is 4.74 Å². The maximum atomic E-state index is 10.9. The second-order valence-electron chi connectivity index (χ2n) is 2.37. The average Bonchev–Trinajstić information content (AvgIpc) is 2.48. The Morgan fingerprint density at radius 1 is 1.69 bits per heavy atom. The highest BCUT2D eigenvalue weighted by molar-refractivity contribution is 6.99. The molecule has 0 aromatic carbocycles. The summed E-state index contributed by atoms with van der Waals surface area (Å²) in [6.45, 7) is 2.11. The number of hydrogen-bond acceptors (Lipinski definition) is 5. The van der Waals surface area contributed by atoms with E-state index in [0.29, 0.717) is 18.7 Å². The Morgan fingerprint density at radius 2 is 2.46 bits per heavy atom. The number of aromatic nitrogens is 2. The summed E-state index contributed by atoms with van der Waals surface area (Å²) >= 11 is 0.992. The van der Waals surface area contributed by atoms with Crippen LogP contribution in [0.5, 0.6) is 0 Å². The molecule has 0 fully saturated rings. The first-order valence-electron chi connectivity index (χ1n) is 3.93. The lowest BCUT2D eigenvalue weighted by molar-refractivity contribution is -0.143. The van der Waals surface area contributed by atoms with Crippen LogP contribution in [0.25, 0.3) is 0 Å². The predicted octanol–water partition coefficient (Wildman–Crippen LogP) is 0.327. The Morgan fingerprint density at radius 3 is 3.00 bits per heavy atom. The van der Waals surface area contributed by atoms with Crippen molar-refractivity contribution in [1.29, 1.82) is 0 Å². The molecule has 1 aromatic rings. The molecule has 5 nitrogen and oxygen atoms in total. The molecule has 0 radical (unpaired) electrons. The highest BCUT2D eigenvalue weighted by Crippen LogP contribution is 1.96. The van der Waals surface area contributed by atoms with Crippen molar-refractivity contribution >= 4 is 17.7 Å². The standard InChI is InChI=1S/C7H10N2O3S/c1-2-12-6(10)4-3-5-7(11)9-13-8-5/h2-4H2,1H3,(H,9,11). The van der Waals surface area contributed by atoms with Crippen LogP contribution >= 0.6 is 11.7 Å². The summed E-state index contributed by atoms with van der Waals surface area (Å²) in [7, 11) is 0. The first-order valence-corrected chi connectivity index (χ1v) is 4.70. The molecule has 1 aromatic heterocycles. The van der Waals surface area contributed by atoms with Gasteiger partial charge in [-0.1, -0.05) is 0 Å². The molecule has 0 saturated heterocycles. The third kappa shape index (κ3) is 2.98. The Hall–Kier alpha value is -1.17. The van der Waals surface area contributed by atoms with Crippen LogP contribution in [-0.2, 0) is 16.0 Å². The third-order valence-electron chi connectivity index (χ3n) is 1.43. The Balaban J connectivity index is 2.39. The number of aromatic amines is 1. The quantitative estimate of drug-likeness (QED) is 0.714.